The molecule has 0 rings (SSSR count). The molecule has 7 atom stereocenters. The van der Waals surface area contributed by atoms with E-state index in [2.05, 4.69) is 37.2 Å². The van der Waals surface area contributed by atoms with E-state index in [0.29, 0.717) is 12.8 Å². The molecular formula is C33H55N11O16. The molecule has 0 aliphatic heterocycles. The van der Waals surface area contributed by atoms with Gasteiger partial charge in [-0.05, 0) is 52.5 Å². The van der Waals surface area contributed by atoms with Gasteiger partial charge in [-0.3, -0.25) is 52.7 Å². The zero-order valence-corrected chi connectivity index (χ0v) is 32.9. The number of hydrogen-bond donors (Lipinski definition) is 15. The van der Waals surface area contributed by atoms with E-state index in [1.807, 2.05) is 5.32 Å². The molecule has 0 aromatic heterocycles. The number of carboxylic acid groups (broad SMARTS) is 3. The Morgan fingerprint density at radius 2 is 1.05 bits per heavy atom. The Morgan fingerprint density at radius 1 is 0.533 bits per heavy atom. The molecule has 0 aromatic rings. The van der Waals surface area contributed by atoms with Crippen LogP contribution in [0.3, 0.4) is 0 Å². The first-order valence-electron chi connectivity index (χ1n) is 18.4. The Labute approximate surface area is 342 Å². The Bertz CT molecular complexity index is 1580. The molecule has 9 amide bonds. The lowest BCUT2D eigenvalue weighted by molar-refractivity contribution is -0.147. The summed E-state index contributed by atoms with van der Waals surface area (Å²) >= 11 is 0. The normalized spacial score (nSPS) is 14.2. The molecule has 0 saturated heterocycles. The van der Waals surface area contributed by atoms with E-state index in [-0.39, 0.29) is 19.4 Å². The van der Waals surface area contributed by atoms with Crippen LogP contribution in [-0.4, -0.2) is 160 Å². The predicted molar refractivity (Wildman–Crippen MR) is 202 cm³/mol. The van der Waals surface area contributed by atoms with Crippen LogP contribution >= 0.6 is 0 Å². The van der Waals surface area contributed by atoms with Crippen LogP contribution < -0.4 is 59.7 Å². The average molecular weight is 862 g/mol. The molecule has 60 heavy (non-hydrogen) atoms. The van der Waals surface area contributed by atoms with Gasteiger partial charge in [0.05, 0.1) is 32.2 Å². The predicted octanol–water partition coefficient (Wildman–Crippen LogP) is -7.69. The maximum Gasteiger partial charge on any atom is 0.326 e. The van der Waals surface area contributed by atoms with Gasteiger partial charge in [-0.15, -0.1) is 0 Å². The van der Waals surface area contributed by atoms with Gasteiger partial charge in [0, 0.05) is 12.8 Å². The van der Waals surface area contributed by atoms with Gasteiger partial charge in [0.15, 0.2) is 0 Å². The quantitative estimate of drug-likeness (QED) is 0.0298. The molecule has 0 bridgehead atoms. The monoisotopic (exact) mass is 861 g/mol. The van der Waals surface area contributed by atoms with Crippen molar-refractivity contribution < 1.29 is 78.0 Å². The van der Waals surface area contributed by atoms with E-state index in [9.17, 15) is 62.6 Å². The van der Waals surface area contributed by atoms with Gasteiger partial charge in [-0.25, -0.2) is 4.79 Å². The zero-order valence-electron chi connectivity index (χ0n) is 32.9. The van der Waals surface area contributed by atoms with Gasteiger partial charge in [0.2, 0.25) is 53.2 Å². The first kappa shape index (κ1) is 53.5. The topological polar surface area (TPSA) is 460 Å². The van der Waals surface area contributed by atoms with Crippen LogP contribution in [0.4, 0.5) is 0 Å². The lowest BCUT2D eigenvalue weighted by atomic mass is 10.1. The minimum Gasteiger partial charge on any atom is -0.481 e. The summed E-state index contributed by atoms with van der Waals surface area (Å²) in [6.07, 6.45) is -1.71. The van der Waals surface area contributed by atoms with Gasteiger partial charge in [0.25, 0.3) is 0 Å². The minimum atomic E-state index is -1.78. The highest BCUT2D eigenvalue weighted by Crippen LogP contribution is 2.05. The van der Waals surface area contributed by atoms with Crippen LogP contribution in [0.15, 0.2) is 0 Å². The Hall–Kier alpha value is -6.48. The molecule has 7 unspecified atom stereocenters. The second-order valence-corrected chi connectivity index (χ2v) is 13.2. The van der Waals surface area contributed by atoms with E-state index in [4.69, 9.17) is 32.5 Å². The van der Waals surface area contributed by atoms with Crippen molar-refractivity contribution in [3.05, 3.63) is 0 Å². The van der Waals surface area contributed by atoms with Gasteiger partial charge < -0.3 is 80.2 Å². The lowest BCUT2D eigenvalue weighted by Gasteiger charge is -2.25. The highest BCUT2D eigenvalue weighted by molar-refractivity contribution is 5.97. The van der Waals surface area contributed by atoms with E-state index >= 15 is 0 Å². The highest BCUT2D eigenvalue weighted by atomic mass is 16.4. The van der Waals surface area contributed by atoms with Crippen LogP contribution in [0.5, 0.6) is 0 Å². The van der Waals surface area contributed by atoms with E-state index in [1.165, 1.54) is 6.92 Å². The van der Waals surface area contributed by atoms with Crippen molar-refractivity contribution in [1.29, 1.82) is 0 Å². The van der Waals surface area contributed by atoms with E-state index < -0.39 is 159 Å². The van der Waals surface area contributed by atoms with Crippen LogP contribution in [0.2, 0.25) is 0 Å². The average Bonchev–Trinajstić information content (AvgIpc) is 3.17. The summed E-state index contributed by atoms with van der Waals surface area (Å²) in [6, 6.07) is -10.3. The number of aliphatic carboxylic acids is 3. The molecule has 0 saturated carbocycles. The summed E-state index contributed by atoms with van der Waals surface area (Å²) in [5.74, 6) is -13.0. The summed E-state index contributed by atoms with van der Waals surface area (Å²) in [7, 11) is 0. The summed E-state index contributed by atoms with van der Waals surface area (Å²) in [4.78, 5) is 146. The van der Waals surface area contributed by atoms with E-state index in [1.54, 1.807) is 0 Å². The molecule has 0 aliphatic rings. The van der Waals surface area contributed by atoms with Crippen molar-refractivity contribution in [2.24, 2.45) is 17.2 Å². The summed E-state index contributed by atoms with van der Waals surface area (Å²) in [5, 5.41) is 54.2. The van der Waals surface area contributed by atoms with Crippen molar-refractivity contribution in [3.8, 4) is 0 Å². The number of unbranched alkanes of at least 4 members (excludes halogenated alkanes) is 1. The Kier molecular flexibility index (Phi) is 25.0. The molecule has 0 aromatic carbocycles. The van der Waals surface area contributed by atoms with Crippen LogP contribution in [0.1, 0.15) is 65.2 Å². The second-order valence-electron chi connectivity index (χ2n) is 13.2. The standard InChI is InChI=1S/C33H55N11O16/c1-15(27(53)43-20(33(59)60)11-26(51)52)39-24(48)13-37-23(47)12-38-30(56)19(7-8-22(36)46)42-32(58)21(14-45)44-31(57)18(5-3-4-10-34)41-28(54)16(2)40-29(55)17(35)6-9-25(49)50/h15-21,45H,3-14,34-35H2,1-2H3,(H2,36,46)(H,37,47)(H,38,56)(H,39,48)(H,40,55)(H,41,54)(H,42,58)(H,43,53)(H,44,57)(H,49,50)(H,51,52)(H,59,60). The van der Waals surface area contributed by atoms with Crippen molar-refractivity contribution in [2.75, 3.05) is 26.2 Å². The molecule has 27 nitrogen and oxygen atoms in total. The van der Waals surface area contributed by atoms with Crippen molar-refractivity contribution >= 4 is 71.1 Å². The number of aliphatic hydroxyl groups excluding tert-OH is 1. The fraction of sp³-hybridized carbons (Fsp3) is 0.636. The van der Waals surface area contributed by atoms with Crippen molar-refractivity contribution in [3.63, 3.8) is 0 Å². The smallest absolute Gasteiger partial charge is 0.326 e. The Balaban J connectivity index is 5.49. The van der Waals surface area contributed by atoms with Crippen molar-refractivity contribution in [1.82, 2.24) is 42.5 Å². The molecule has 27 heteroatoms. The third kappa shape index (κ3) is 22.5. The molecule has 0 spiro atoms. The van der Waals surface area contributed by atoms with Gasteiger partial charge in [-0.2, -0.15) is 0 Å². The number of carbonyl (C=O) groups is 12. The molecule has 0 heterocycles. The minimum absolute atomic E-state index is 0.0170. The highest BCUT2D eigenvalue weighted by Gasteiger charge is 2.31. The number of carboxylic acids is 3. The van der Waals surface area contributed by atoms with Crippen molar-refractivity contribution in [2.45, 2.75) is 108 Å². The number of nitrogens with two attached hydrogens (primary N) is 3. The Morgan fingerprint density at radius 3 is 1.58 bits per heavy atom. The fourth-order valence-corrected chi connectivity index (χ4v) is 4.71. The largest absolute Gasteiger partial charge is 0.481 e. The molecule has 338 valence electrons. The number of nitrogens with one attached hydrogen (secondary N) is 8. The van der Waals surface area contributed by atoms with E-state index in [0.717, 1.165) is 6.92 Å². The number of aliphatic hydroxyl groups is 1. The van der Waals surface area contributed by atoms with Gasteiger partial charge >= 0.3 is 17.9 Å². The van der Waals surface area contributed by atoms with Crippen LogP contribution in [-0.2, 0) is 57.5 Å². The number of amides is 9. The summed E-state index contributed by atoms with van der Waals surface area (Å²) in [6.45, 7) is 0.0878. The summed E-state index contributed by atoms with van der Waals surface area (Å²) in [5.41, 5.74) is 16.4. The van der Waals surface area contributed by atoms with Crippen LogP contribution in [0, 0.1) is 0 Å². The molecular weight excluding hydrogens is 806 g/mol. The van der Waals surface area contributed by atoms with Gasteiger partial charge in [-0.1, -0.05) is 0 Å². The zero-order chi connectivity index (χ0) is 46.1. The van der Waals surface area contributed by atoms with Gasteiger partial charge in [0.1, 0.15) is 36.3 Å². The molecule has 0 fully saturated rings. The molecule has 0 aliphatic carbocycles. The number of primary amides is 1. The first-order chi connectivity index (χ1) is 28.0. The second kappa shape index (κ2) is 28.0. The van der Waals surface area contributed by atoms with Crippen LogP contribution in [0.25, 0.3) is 0 Å². The SMILES string of the molecule is CC(NC(=O)CNC(=O)CNC(=O)C(CCC(N)=O)NC(=O)C(CO)NC(=O)C(CCCCN)NC(=O)C(C)NC(=O)C(N)CCC(=O)O)C(=O)NC(CC(=O)O)C(=O)O. The third-order valence-corrected chi connectivity index (χ3v) is 8.10. The number of rotatable bonds is 30. The maximum atomic E-state index is 13.3. The third-order valence-electron chi connectivity index (χ3n) is 8.10. The molecule has 0 radical (unpaired) electrons. The number of hydrogen-bond acceptors (Lipinski definition) is 15. The first-order valence-corrected chi connectivity index (χ1v) is 18.4. The number of carbonyl (C=O) groups excluding carboxylic acids is 9. The summed E-state index contributed by atoms with van der Waals surface area (Å²) < 4.78 is 0. The lowest BCUT2D eigenvalue weighted by Crippen LogP contribution is -2.59. The molecule has 18 N–H and O–H groups in total. The maximum absolute atomic E-state index is 13.3. The fourth-order valence-electron chi connectivity index (χ4n) is 4.71.